The summed E-state index contributed by atoms with van der Waals surface area (Å²) in [6.45, 7) is 3.43. The highest BCUT2D eigenvalue weighted by atomic mass is 19.4. The van der Waals surface area contributed by atoms with Crippen molar-refractivity contribution in [1.82, 2.24) is 24.8 Å². The lowest BCUT2D eigenvalue weighted by Gasteiger charge is -2.30. The van der Waals surface area contributed by atoms with Crippen molar-refractivity contribution < 1.29 is 17.6 Å². The van der Waals surface area contributed by atoms with Gasteiger partial charge in [-0.1, -0.05) is 35.4 Å². The Morgan fingerprint density at radius 1 is 1.21 bits per heavy atom. The van der Waals surface area contributed by atoms with E-state index in [1.807, 2.05) is 4.90 Å². The van der Waals surface area contributed by atoms with Crippen LogP contribution in [0.5, 0.6) is 0 Å². The summed E-state index contributed by atoms with van der Waals surface area (Å²) >= 11 is 0. The molecule has 0 spiro atoms. The number of H-pyrrole nitrogens is 1. The van der Waals surface area contributed by atoms with Gasteiger partial charge in [0.05, 0.1) is 11.3 Å². The number of fused-ring (bicyclic) bond motifs is 1. The van der Waals surface area contributed by atoms with Crippen LogP contribution in [0.15, 0.2) is 39.5 Å². The van der Waals surface area contributed by atoms with Crippen molar-refractivity contribution in [3.05, 3.63) is 52.1 Å². The van der Waals surface area contributed by atoms with E-state index in [0.29, 0.717) is 25.6 Å². The summed E-state index contributed by atoms with van der Waals surface area (Å²) in [5.41, 5.74) is 4.04. The Labute approximate surface area is 191 Å². The summed E-state index contributed by atoms with van der Waals surface area (Å²) in [4.78, 5) is 19.6. The molecule has 0 radical (unpaired) electrons. The van der Waals surface area contributed by atoms with Crippen LogP contribution in [0.1, 0.15) is 24.2 Å². The number of hydrogen-bond donors (Lipinski definition) is 2. The SMILES string of the molecule is Cc1nc2c(-c3ccccc3)c(C(F)(F)F)[nH]n2c(=O)c1-c1nnc(N2CCCC(CN)C2)o1. The van der Waals surface area contributed by atoms with Crippen molar-refractivity contribution in [2.75, 3.05) is 24.5 Å². The number of anilines is 1. The van der Waals surface area contributed by atoms with Gasteiger partial charge in [0.25, 0.3) is 11.4 Å². The maximum absolute atomic E-state index is 13.9. The maximum atomic E-state index is 13.9. The van der Waals surface area contributed by atoms with Gasteiger partial charge in [0, 0.05) is 13.1 Å². The third-order valence-electron chi connectivity index (χ3n) is 6.06. The fourth-order valence-corrected chi connectivity index (χ4v) is 4.38. The van der Waals surface area contributed by atoms with Crippen LogP contribution >= 0.6 is 0 Å². The minimum absolute atomic E-state index is 0.0572. The van der Waals surface area contributed by atoms with Crippen LogP contribution in [-0.2, 0) is 6.18 Å². The zero-order chi connectivity index (χ0) is 24.0. The maximum Gasteiger partial charge on any atom is 0.433 e. The van der Waals surface area contributed by atoms with Gasteiger partial charge in [-0.25, -0.2) is 4.98 Å². The highest BCUT2D eigenvalue weighted by Crippen LogP contribution is 2.38. The Hall–Kier alpha value is -3.67. The number of nitrogens with zero attached hydrogens (tertiary/aromatic N) is 5. The molecular weight excluding hydrogens is 451 g/mol. The number of aryl methyl sites for hydroxylation is 1. The van der Waals surface area contributed by atoms with E-state index < -0.39 is 17.4 Å². The second kappa shape index (κ2) is 8.28. The van der Waals surface area contributed by atoms with Crippen molar-refractivity contribution in [3.63, 3.8) is 0 Å². The molecule has 1 atom stereocenters. The van der Waals surface area contributed by atoms with Gasteiger partial charge >= 0.3 is 12.2 Å². The van der Waals surface area contributed by atoms with E-state index in [9.17, 15) is 18.0 Å². The summed E-state index contributed by atoms with van der Waals surface area (Å²) in [6, 6.07) is 8.24. The summed E-state index contributed by atoms with van der Waals surface area (Å²) in [5.74, 6) is 0.198. The van der Waals surface area contributed by atoms with Crippen molar-refractivity contribution in [2.45, 2.75) is 25.9 Å². The number of nitrogens with one attached hydrogen (secondary N) is 1. The predicted molar refractivity (Wildman–Crippen MR) is 118 cm³/mol. The van der Waals surface area contributed by atoms with Crippen LogP contribution in [-0.4, -0.2) is 44.4 Å². The first-order valence-electron chi connectivity index (χ1n) is 10.8. The molecule has 1 aliphatic heterocycles. The molecular formula is C22H22F3N7O2. The highest BCUT2D eigenvalue weighted by Gasteiger charge is 2.38. The number of nitrogens with two attached hydrogens (primary N) is 1. The van der Waals surface area contributed by atoms with Gasteiger partial charge < -0.3 is 15.1 Å². The van der Waals surface area contributed by atoms with Gasteiger partial charge in [0.15, 0.2) is 5.65 Å². The number of alkyl halides is 3. The van der Waals surface area contributed by atoms with Crippen LogP contribution in [0.2, 0.25) is 0 Å². The normalized spacial score (nSPS) is 17.0. The largest absolute Gasteiger partial charge is 0.433 e. The van der Waals surface area contributed by atoms with E-state index in [1.54, 1.807) is 18.2 Å². The van der Waals surface area contributed by atoms with E-state index in [0.717, 1.165) is 17.4 Å². The molecule has 9 nitrogen and oxygen atoms in total. The Balaban J connectivity index is 1.64. The van der Waals surface area contributed by atoms with Crippen LogP contribution < -0.4 is 16.2 Å². The molecule has 4 heterocycles. The fraction of sp³-hybridized carbons (Fsp3) is 0.364. The van der Waals surface area contributed by atoms with Crippen molar-refractivity contribution in [2.24, 2.45) is 11.7 Å². The minimum Gasteiger partial charge on any atom is -0.403 e. The lowest BCUT2D eigenvalue weighted by molar-refractivity contribution is -0.140. The van der Waals surface area contributed by atoms with Crippen LogP contribution in [0, 0.1) is 12.8 Å². The number of benzene rings is 1. The number of rotatable bonds is 4. The van der Waals surface area contributed by atoms with E-state index in [-0.39, 0.29) is 39.9 Å². The van der Waals surface area contributed by atoms with Gasteiger partial charge in [0.2, 0.25) is 0 Å². The monoisotopic (exact) mass is 473 g/mol. The molecule has 1 unspecified atom stereocenters. The Morgan fingerprint density at radius 3 is 2.68 bits per heavy atom. The molecule has 0 saturated carbocycles. The fourth-order valence-electron chi connectivity index (χ4n) is 4.38. The molecule has 3 N–H and O–H groups in total. The van der Waals surface area contributed by atoms with Gasteiger partial charge in [-0.2, -0.15) is 17.7 Å². The smallest absolute Gasteiger partial charge is 0.403 e. The number of halogens is 3. The number of piperidine rings is 1. The number of aromatic nitrogens is 5. The second-order valence-corrected chi connectivity index (χ2v) is 8.34. The number of hydrogen-bond acceptors (Lipinski definition) is 7. The molecule has 0 amide bonds. The van der Waals surface area contributed by atoms with Gasteiger partial charge in [0.1, 0.15) is 11.3 Å². The first-order chi connectivity index (χ1) is 16.3. The highest BCUT2D eigenvalue weighted by molar-refractivity contribution is 5.81. The summed E-state index contributed by atoms with van der Waals surface area (Å²) in [5, 5.41) is 10.3. The first-order valence-corrected chi connectivity index (χ1v) is 10.8. The lowest BCUT2D eigenvalue weighted by atomic mass is 9.99. The van der Waals surface area contributed by atoms with Crippen LogP contribution in [0.3, 0.4) is 0 Å². The summed E-state index contributed by atoms with van der Waals surface area (Å²) in [6.07, 6.45) is -2.81. The molecule has 1 fully saturated rings. The molecule has 1 aromatic carbocycles. The predicted octanol–water partition coefficient (Wildman–Crippen LogP) is 3.24. The average Bonchev–Trinajstić information content (AvgIpc) is 3.45. The van der Waals surface area contributed by atoms with Gasteiger partial charge in [-0.05, 0) is 37.8 Å². The van der Waals surface area contributed by atoms with Crippen LogP contribution in [0.25, 0.3) is 28.2 Å². The third kappa shape index (κ3) is 3.73. The Bertz CT molecular complexity index is 1390. The zero-order valence-electron chi connectivity index (χ0n) is 18.3. The summed E-state index contributed by atoms with van der Waals surface area (Å²) in [7, 11) is 0. The molecule has 0 bridgehead atoms. The van der Waals surface area contributed by atoms with Gasteiger partial charge in [-0.15, -0.1) is 5.10 Å². The van der Waals surface area contributed by atoms with E-state index in [2.05, 4.69) is 20.3 Å². The number of aromatic amines is 1. The molecule has 178 valence electrons. The van der Waals surface area contributed by atoms with Crippen molar-refractivity contribution >= 4 is 11.7 Å². The first kappa shape index (κ1) is 22.1. The van der Waals surface area contributed by atoms with Crippen molar-refractivity contribution in [1.29, 1.82) is 0 Å². The molecule has 5 rings (SSSR count). The quantitative estimate of drug-likeness (QED) is 0.467. The Morgan fingerprint density at radius 2 is 1.97 bits per heavy atom. The molecule has 34 heavy (non-hydrogen) atoms. The molecule has 12 heteroatoms. The topological polar surface area (TPSA) is 118 Å². The second-order valence-electron chi connectivity index (χ2n) is 8.34. The average molecular weight is 473 g/mol. The molecule has 1 saturated heterocycles. The third-order valence-corrected chi connectivity index (χ3v) is 6.06. The summed E-state index contributed by atoms with van der Waals surface area (Å²) < 4.78 is 48.2. The molecule has 4 aromatic rings. The van der Waals surface area contributed by atoms with E-state index in [4.69, 9.17) is 10.2 Å². The molecule has 3 aromatic heterocycles. The molecule has 1 aliphatic rings. The van der Waals surface area contributed by atoms with E-state index >= 15 is 0 Å². The van der Waals surface area contributed by atoms with Gasteiger partial charge in [-0.3, -0.25) is 9.89 Å². The van der Waals surface area contributed by atoms with E-state index in [1.165, 1.54) is 19.1 Å². The zero-order valence-corrected chi connectivity index (χ0v) is 18.3. The lowest BCUT2D eigenvalue weighted by Crippen LogP contribution is -2.38. The minimum atomic E-state index is -4.73. The van der Waals surface area contributed by atoms with Crippen LogP contribution in [0.4, 0.5) is 19.2 Å². The van der Waals surface area contributed by atoms with Crippen molar-refractivity contribution in [3.8, 4) is 22.6 Å². The standard InChI is InChI=1S/C22H22F3N7O2/c1-12-15(19-28-29-21(34-19)31-9-5-6-13(10-26)11-31)20(33)32-18(27-12)16(14-7-3-2-4-8-14)17(30-32)22(23,24)25/h2-4,7-8,13,30H,5-6,9-11,26H2,1H3. The Kier molecular flexibility index (Phi) is 5.39. The molecule has 0 aliphatic carbocycles.